The van der Waals surface area contributed by atoms with Gasteiger partial charge in [0.25, 0.3) is 0 Å². The standard InChI is InChI=1S/C26H36N6O3/c1-17(2)32-16-20-22(24(32)34)27-25(31-13-11-30(12-14-31)18(3)33)28-23(20)29-26(4,5)15-19-9-7-8-10-21(19)35-6/h7-10,16-17,34H,11-15H2,1-6H3,(H,27,28,29). The van der Waals surface area contributed by atoms with Crippen molar-refractivity contribution >= 4 is 28.6 Å². The number of carbonyl (C=O) groups excluding carboxylic acids is 1. The van der Waals surface area contributed by atoms with Crippen molar-refractivity contribution in [1.82, 2.24) is 19.4 Å². The van der Waals surface area contributed by atoms with Crippen molar-refractivity contribution in [3.63, 3.8) is 0 Å². The van der Waals surface area contributed by atoms with Crippen molar-refractivity contribution in [3.8, 4) is 11.6 Å². The molecule has 35 heavy (non-hydrogen) atoms. The number of rotatable bonds is 7. The normalized spacial score (nSPS) is 14.6. The molecule has 1 saturated heterocycles. The van der Waals surface area contributed by atoms with E-state index in [1.54, 1.807) is 14.0 Å². The summed E-state index contributed by atoms with van der Waals surface area (Å²) in [6, 6.07) is 8.08. The van der Waals surface area contributed by atoms with Gasteiger partial charge in [-0.25, -0.2) is 4.98 Å². The first-order valence-electron chi connectivity index (χ1n) is 12.1. The molecule has 1 fully saturated rings. The average Bonchev–Trinajstić information content (AvgIpc) is 3.16. The molecule has 0 atom stereocenters. The van der Waals surface area contributed by atoms with E-state index in [0.29, 0.717) is 49.9 Å². The van der Waals surface area contributed by atoms with Gasteiger partial charge in [-0.1, -0.05) is 18.2 Å². The first-order chi connectivity index (χ1) is 16.6. The Kier molecular flexibility index (Phi) is 6.78. The van der Waals surface area contributed by atoms with Crippen LogP contribution < -0.4 is 15.0 Å². The molecule has 1 amide bonds. The first-order valence-corrected chi connectivity index (χ1v) is 12.1. The summed E-state index contributed by atoms with van der Waals surface area (Å²) < 4.78 is 7.37. The molecule has 0 radical (unpaired) electrons. The minimum absolute atomic E-state index is 0.0706. The zero-order chi connectivity index (χ0) is 25.3. The number of methoxy groups -OCH3 is 1. The molecule has 1 aliphatic heterocycles. The van der Waals surface area contributed by atoms with Crippen LogP contribution in [0.3, 0.4) is 0 Å². The van der Waals surface area contributed by atoms with Crippen LogP contribution in [0, 0.1) is 0 Å². The Labute approximate surface area is 206 Å². The van der Waals surface area contributed by atoms with E-state index in [2.05, 4.69) is 30.1 Å². The number of aromatic hydroxyl groups is 1. The number of ether oxygens (including phenoxy) is 1. The number of carbonyl (C=O) groups is 1. The molecule has 1 aliphatic rings. The molecule has 1 aromatic carbocycles. The fraction of sp³-hybridized carbons (Fsp3) is 0.500. The summed E-state index contributed by atoms with van der Waals surface area (Å²) in [5.41, 5.74) is 1.25. The predicted octanol–water partition coefficient (Wildman–Crippen LogP) is 3.83. The van der Waals surface area contributed by atoms with Gasteiger partial charge in [0.1, 0.15) is 17.1 Å². The Morgan fingerprint density at radius 2 is 1.86 bits per heavy atom. The first kappa shape index (κ1) is 24.6. The Morgan fingerprint density at radius 3 is 2.49 bits per heavy atom. The van der Waals surface area contributed by atoms with Gasteiger partial charge in [-0.3, -0.25) is 4.79 Å². The second kappa shape index (κ2) is 9.64. The fourth-order valence-corrected chi connectivity index (χ4v) is 4.61. The largest absolute Gasteiger partial charge is 0.496 e. The smallest absolute Gasteiger partial charge is 0.228 e. The molecule has 188 valence electrons. The number of fused-ring (bicyclic) bond motifs is 1. The van der Waals surface area contributed by atoms with Gasteiger partial charge < -0.3 is 29.5 Å². The summed E-state index contributed by atoms with van der Waals surface area (Å²) >= 11 is 0. The van der Waals surface area contributed by atoms with Gasteiger partial charge in [0.2, 0.25) is 17.7 Å². The number of hydrogen-bond donors (Lipinski definition) is 2. The Bertz CT molecular complexity index is 1210. The molecule has 0 unspecified atom stereocenters. The van der Waals surface area contributed by atoms with Crippen LogP contribution in [-0.2, 0) is 11.2 Å². The Morgan fingerprint density at radius 1 is 1.17 bits per heavy atom. The average molecular weight is 481 g/mol. The van der Waals surface area contributed by atoms with Crippen LogP contribution in [-0.4, -0.2) is 69.3 Å². The lowest BCUT2D eigenvalue weighted by Gasteiger charge is -2.34. The number of benzene rings is 1. The summed E-state index contributed by atoms with van der Waals surface area (Å²) in [7, 11) is 1.68. The van der Waals surface area contributed by atoms with Crippen molar-refractivity contribution in [2.75, 3.05) is 43.5 Å². The topological polar surface area (TPSA) is 95.8 Å². The van der Waals surface area contributed by atoms with Gasteiger partial charge in [-0.15, -0.1) is 0 Å². The molecule has 9 nitrogen and oxygen atoms in total. The molecule has 0 saturated carbocycles. The van der Waals surface area contributed by atoms with Crippen LogP contribution in [0.1, 0.15) is 46.2 Å². The third-order valence-corrected chi connectivity index (χ3v) is 6.50. The maximum absolute atomic E-state index is 11.8. The highest BCUT2D eigenvalue weighted by Crippen LogP contribution is 2.36. The number of nitrogens with zero attached hydrogens (tertiary/aromatic N) is 5. The quantitative estimate of drug-likeness (QED) is 0.531. The van der Waals surface area contributed by atoms with E-state index in [1.165, 1.54) is 0 Å². The van der Waals surface area contributed by atoms with Crippen molar-refractivity contribution < 1.29 is 14.6 Å². The van der Waals surface area contributed by atoms with E-state index in [9.17, 15) is 9.90 Å². The van der Waals surface area contributed by atoms with Crippen LogP contribution in [0.4, 0.5) is 11.8 Å². The summed E-state index contributed by atoms with van der Waals surface area (Å²) in [5.74, 6) is 2.28. The number of nitrogens with one attached hydrogen (secondary N) is 1. The van der Waals surface area contributed by atoms with Gasteiger partial charge in [-0.2, -0.15) is 4.98 Å². The third kappa shape index (κ3) is 5.13. The van der Waals surface area contributed by atoms with Crippen molar-refractivity contribution in [3.05, 3.63) is 36.0 Å². The zero-order valence-electron chi connectivity index (χ0n) is 21.5. The van der Waals surface area contributed by atoms with Crippen molar-refractivity contribution in [2.45, 2.75) is 52.6 Å². The van der Waals surface area contributed by atoms with Crippen LogP contribution >= 0.6 is 0 Å². The SMILES string of the molecule is COc1ccccc1CC(C)(C)Nc1nc(N2CCN(C(C)=O)CC2)nc2c(O)n(C(C)C)cc12. The second-order valence-corrected chi connectivity index (χ2v) is 10.1. The molecular weight excluding hydrogens is 444 g/mol. The van der Waals surface area contributed by atoms with Gasteiger partial charge in [0.15, 0.2) is 0 Å². The Hall–Kier alpha value is -3.49. The Balaban J connectivity index is 1.71. The van der Waals surface area contributed by atoms with E-state index >= 15 is 0 Å². The maximum Gasteiger partial charge on any atom is 0.228 e. The number of hydrogen-bond acceptors (Lipinski definition) is 7. The van der Waals surface area contributed by atoms with E-state index in [0.717, 1.165) is 16.7 Å². The van der Waals surface area contributed by atoms with Gasteiger partial charge >= 0.3 is 0 Å². The minimum Gasteiger partial charge on any atom is -0.496 e. The molecule has 3 aromatic rings. The highest BCUT2D eigenvalue weighted by molar-refractivity contribution is 5.94. The molecule has 0 aliphatic carbocycles. The highest BCUT2D eigenvalue weighted by atomic mass is 16.5. The third-order valence-electron chi connectivity index (χ3n) is 6.50. The molecule has 3 heterocycles. The predicted molar refractivity (Wildman–Crippen MR) is 138 cm³/mol. The number of piperazine rings is 1. The van der Waals surface area contributed by atoms with Gasteiger partial charge in [0.05, 0.1) is 12.5 Å². The van der Waals surface area contributed by atoms with Crippen LogP contribution in [0.15, 0.2) is 30.5 Å². The minimum atomic E-state index is -0.365. The second-order valence-electron chi connectivity index (χ2n) is 10.1. The number of amides is 1. The maximum atomic E-state index is 11.8. The summed E-state index contributed by atoms with van der Waals surface area (Å²) in [6.07, 6.45) is 2.63. The summed E-state index contributed by atoms with van der Waals surface area (Å²) in [6.45, 7) is 12.4. The van der Waals surface area contributed by atoms with Gasteiger partial charge in [-0.05, 0) is 45.7 Å². The summed E-state index contributed by atoms with van der Waals surface area (Å²) in [4.78, 5) is 25.3. The molecular formula is C26H36N6O3. The molecule has 0 spiro atoms. The number of anilines is 2. The molecule has 2 N–H and O–H groups in total. The van der Waals surface area contributed by atoms with E-state index in [1.807, 2.05) is 47.7 Å². The molecule has 4 rings (SSSR count). The fourth-order valence-electron chi connectivity index (χ4n) is 4.61. The van der Waals surface area contributed by atoms with Crippen molar-refractivity contribution in [2.24, 2.45) is 0 Å². The van der Waals surface area contributed by atoms with Gasteiger partial charge in [0, 0.05) is 50.9 Å². The lowest BCUT2D eigenvalue weighted by molar-refractivity contribution is -0.129. The molecule has 0 bridgehead atoms. The molecule has 9 heteroatoms. The van der Waals surface area contributed by atoms with Crippen LogP contribution in [0.5, 0.6) is 11.6 Å². The van der Waals surface area contributed by atoms with Crippen molar-refractivity contribution in [1.29, 1.82) is 0 Å². The molecule has 2 aromatic heterocycles. The monoisotopic (exact) mass is 480 g/mol. The van der Waals surface area contributed by atoms with Crippen LogP contribution in [0.25, 0.3) is 10.9 Å². The zero-order valence-corrected chi connectivity index (χ0v) is 21.5. The van der Waals surface area contributed by atoms with Crippen LogP contribution in [0.2, 0.25) is 0 Å². The number of aromatic nitrogens is 3. The lowest BCUT2D eigenvalue weighted by Crippen LogP contribution is -2.48. The lowest BCUT2D eigenvalue weighted by atomic mass is 9.94. The number of para-hydroxylation sites is 1. The van der Waals surface area contributed by atoms with E-state index in [4.69, 9.17) is 14.7 Å². The van der Waals surface area contributed by atoms with E-state index in [-0.39, 0.29) is 23.4 Å². The highest BCUT2D eigenvalue weighted by Gasteiger charge is 2.27. The van der Waals surface area contributed by atoms with E-state index < -0.39 is 0 Å². The summed E-state index contributed by atoms with van der Waals surface area (Å²) in [5, 5.41) is 15.4.